The van der Waals surface area contributed by atoms with E-state index >= 15 is 0 Å². The van der Waals surface area contributed by atoms with Crippen molar-refractivity contribution in [3.8, 4) is 11.9 Å². The number of nitriles is 1. The number of anilines is 1. The van der Waals surface area contributed by atoms with Crippen LogP contribution in [0.4, 0.5) is 5.69 Å². The van der Waals surface area contributed by atoms with Gasteiger partial charge in [0.15, 0.2) is 0 Å². The molecule has 0 aliphatic heterocycles. The highest BCUT2D eigenvalue weighted by atomic mass is 16.5. The molecule has 0 unspecified atom stereocenters. The molecule has 2 saturated carbocycles. The molecule has 0 atom stereocenters. The summed E-state index contributed by atoms with van der Waals surface area (Å²) in [6.07, 6.45) is 7.50. The van der Waals surface area contributed by atoms with E-state index in [4.69, 9.17) is 10.00 Å². The monoisotopic (exact) mass is 362 g/mol. The van der Waals surface area contributed by atoms with Crippen LogP contribution in [0, 0.1) is 11.3 Å². The van der Waals surface area contributed by atoms with Gasteiger partial charge in [-0.3, -0.25) is 15.2 Å². The number of hydrogen-bond donors (Lipinski definition) is 1. The fourth-order valence-corrected chi connectivity index (χ4v) is 3.07. The minimum atomic E-state index is -0.216. The van der Waals surface area contributed by atoms with E-state index in [9.17, 15) is 4.79 Å². The molecule has 0 spiro atoms. The van der Waals surface area contributed by atoms with Gasteiger partial charge in [-0.1, -0.05) is 0 Å². The van der Waals surface area contributed by atoms with Crippen LogP contribution in [0.1, 0.15) is 59.5 Å². The smallest absolute Gasteiger partial charge is 0.271 e. The number of ether oxygens (including phenoxy) is 1. The molecule has 4 rings (SSSR count). The van der Waals surface area contributed by atoms with Gasteiger partial charge in [-0.25, -0.2) is 4.98 Å². The number of nitrogens with one attached hydrogen (secondary N) is 1. The first-order valence-electron chi connectivity index (χ1n) is 9.35. The van der Waals surface area contributed by atoms with Crippen molar-refractivity contribution in [1.29, 1.82) is 5.26 Å². The zero-order valence-electron chi connectivity index (χ0n) is 15.3. The topological polar surface area (TPSA) is 78.2 Å². The number of amides is 1. The lowest BCUT2D eigenvalue weighted by atomic mass is 9.96. The number of carbonyl (C=O) groups excluding carboxylic acids is 1. The van der Waals surface area contributed by atoms with E-state index in [1.54, 1.807) is 42.5 Å². The van der Waals surface area contributed by atoms with Gasteiger partial charge >= 0.3 is 0 Å². The van der Waals surface area contributed by atoms with Gasteiger partial charge in [-0.15, -0.1) is 0 Å². The molecule has 6 heteroatoms. The normalized spacial score (nSPS) is 16.1. The van der Waals surface area contributed by atoms with Crippen LogP contribution in [0.2, 0.25) is 0 Å². The Kier molecular flexibility index (Phi) is 4.68. The summed E-state index contributed by atoms with van der Waals surface area (Å²) in [4.78, 5) is 17.1. The zero-order valence-corrected chi connectivity index (χ0v) is 15.3. The second-order valence-electron chi connectivity index (χ2n) is 7.22. The molecule has 27 heavy (non-hydrogen) atoms. The summed E-state index contributed by atoms with van der Waals surface area (Å²) in [6.45, 7) is 0. The number of aromatic nitrogens is 1. The van der Waals surface area contributed by atoms with Gasteiger partial charge < -0.3 is 4.74 Å². The van der Waals surface area contributed by atoms with Crippen LogP contribution < -0.4 is 15.2 Å². The molecule has 1 amide bonds. The van der Waals surface area contributed by atoms with E-state index < -0.39 is 0 Å². The summed E-state index contributed by atoms with van der Waals surface area (Å²) in [5.74, 6) is 0.933. The third-order valence-corrected chi connectivity index (χ3v) is 5.14. The van der Waals surface area contributed by atoms with E-state index in [0.717, 1.165) is 36.9 Å². The summed E-state index contributed by atoms with van der Waals surface area (Å²) in [5.41, 5.74) is 5.80. The Hall–Kier alpha value is -3.07. The fraction of sp³-hybridized carbons (Fsp3) is 0.381. The lowest BCUT2D eigenvalue weighted by Crippen LogP contribution is -2.39. The standard InChI is InChI=1S/C21H22N4O2/c1-25(17-9-5-14(12-22)6-10-17)24-20(26)16-11-19(15-7-8-15)21(23-13-16)27-18-3-2-4-18/h5-6,9-11,13,15,18H,2-4,7-8H2,1H3,(H,24,26). The number of rotatable bonds is 6. The Morgan fingerprint density at radius 2 is 2.00 bits per heavy atom. The van der Waals surface area contributed by atoms with Gasteiger partial charge in [-0.05, 0) is 68.4 Å². The Bertz CT molecular complexity index is 880. The molecule has 1 aromatic heterocycles. The van der Waals surface area contributed by atoms with Gasteiger partial charge in [0.2, 0.25) is 5.88 Å². The average Bonchev–Trinajstić information content (AvgIpc) is 3.49. The number of carbonyl (C=O) groups is 1. The maximum atomic E-state index is 12.7. The van der Waals surface area contributed by atoms with Crippen LogP contribution in [0.3, 0.4) is 0 Å². The van der Waals surface area contributed by atoms with Crippen molar-refractivity contribution < 1.29 is 9.53 Å². The first-order chi connectivity index (χ1) is 13.1. The van der Waals surface area contributed by atoms with E-state index in [-0.39, 0.29) is 12.0 Å². The largest absolute Gasteiger partial charge is 0.474 e. The molecule has 0 saturated heterocycles. The van der Waals surface area contributed by atoms with Crippen LogP contribution in [0.25, 0.3) is 0 Å². The van der Waals surface area contributed by atoms with Crippen molar-refractivity contribution in [2.24, 2.45) is 0 Å². The van der Waals surface area contributed by atoms with E-state index in [2.05, 4.69) is 16.5 Å². The Balaban J connectivity index is 1.47. The highest BCUT2D eigenvalue weighted by Gasteiger charge is 2.30. The Morgan fingerprint density at radius 3 is 2.59 bits per heavy atom. The molecule has 1 heterocycles. The molecular weight excluding hydrogens is 340 g/mol. The van der Waals surface area contributed by atoms with Crippen molar-refractivity contribution in [2.45, 2.75) is 44.1 Å². The first-order valence-corrected chi connectivity index (χ1v) is 9.35. The second-order valence-corrected chi connectivity index (χ2v) is 7.22. The number of pyridine rings is 1. The predicted molar refractivity (Wildman–Crippen MR) is 102 cm³/mol. The Labute approximate surface area is 158 Å². The SMILES string of the molecule is CN(NC(=O)c1cnc(OC2CCC2)c(C2CC2)c1)c1ccc(C#N)cc1. The predicted octanol–water partition coefficient (Wildman–Crippen LogP) is 3.54. The molecule has 2 aromatic rings. The maximum Gasteiger partial charge on any atom is 0.271 e. The molecular formula is C21H22N4O2. The number of nitrogens with zero attached hydrogens (tertiary/aromatic N) is 3. The third kappa shape index (κ3) is 3.87. The van der Waals surface area contributed by atoms with E-state index in [1.165, 1.54) is 6.42 Å². The average molecular weight is 362 g/mol. The molecule has 0 radical (unpaired) electrons. The van der Waals surface area contributed by atoms with E-state index in [1.807, 2.05) is 6.07 Å². The minimum absolute atomic E-state index is 0.216. The summed E-state index contributed by atoms with van der Waals surface area (Å²) in [7, 11) is 1.77. The van der Waals surface area contributed by atoms with Crippen molar-refractivity contribution in [3.05, 3.63) is 53.2 Å². The lowest BCUT2D eigenvalue weighted by molar-refractivity contribution is 0.0950. The summed E-state index contributed by atoms with van der Waals surface area (Å²) in [5, 5.41) is 10.5. The van der Waals surface area contributed by atoms with Crippen molar-refractivity contribution in [3.63, 3.8) is 0 Å². The minimum Gasteiger partial charge on any atom is -0.474 e. The molecule has 6 nitrogen and oxygen atoms in total. The van der Waals surface area contributed by atoms with Crippen LogP contribution in [-0.2, 0) is 0 Å². The summed E-state index contributed by atoms with van der Waals surface area (Å²) >= 11 is 0. The molecule has 1 aromatic carbocycles. The highest BCUT2D eigenvalue weighted by Crippen LogP contribution is 2.44. The highest BCUT2D eigenvalue weighted by molar-refractivity contribution is 5.95. The maximum absolute atomic E-state index is 12.7. The number of hydrazine groups is 1. The van der Waals surface area contributed by atoms with Crippen LogP contribution in [-0.4, -0.2) is 24.0 Å². The van der Waals surface area contributed by atoms with Gasteiger partial charge in [0, 0.05) is 18.8 Å². The van der Waals surface area contributed by atoms with Crippen molar-refractivity contribution in [2.75, 3.05) is 12.1 Å². The third-order valence-electron chi connectivity index (χ3n) is 5.14. The van der Waals surface area contributed by atoms with Crippen LogP contribution >= 0.6 is 0 Å². The van der Waals surface area contributed by atoms with Crippen molar-refractivity contribution >= 4 is 11.6 Å². The van der Waals surface area contributed by atoms with Gasteiger partial charge in [0.25, 0.3) is 5.91 Å². The Morgan fingerprint density at radius 1 is 1.26 bits per heavy atom. The summed E-state index contributed by atoms with van der Waals surface area (Å²) < 4.78 is 6.01. The molecule has 2 aliphatic rings. The molecule has 0 bridgehead atoms. The summed E-state index contributed by atoms with van der Waals surface area (Å²) in [6, 6.07) is 11.0. The molecule has 2 aliphatic carbocycles. The van der Waals surface area contributed by atoms with Crippen molar-refractivity contribution in [1.82, 2.24) is 10.4 Å². The van der Waals surface area contributed by atoms with Gasteiger partial charge in [0.1, 0.15) is 6.10 Å². The molecule has 1 N–H and O–H groups in total. The fourth-order valence-electron chi connectivity index (χ4n) is 3.07. The second kappa shape index (κ2) is 7.28. The quantitative estimate of drug-likeness (QED) is 0.795. The number of hydrogen-bond acceptors (Lipinski definition) is 5. The molecule has 2 fully saturated rings. The zero-order chi connectivity index (χ0) is 18.8. The lowest BCUT2D eigenvalue weighted by Gasteiger charge is -2.27. The van der Waals surface area contributed by atoms with Gasteiger partial charge in [0.05, 0.1) is 22.9 Å². The first kappa shape index (κ1) is 17.3. The van der Waals surface area contributed by atoms with E-state index in [0.29, 0.717) is 22.9 Å². The van der Waals surface area contributed by atoms with Crippen LogP contribution in [0.5, 0.6) is 5.88 Å². The van der Waals surface area contributed by atoms with Gasteiger partial charge in [-0.2, -0.15) is 5.26 Å². The molecule has 138 valence electrons. The number of benzene rings is 1. The van der Waals surface area contributed by atoms with Crippen LogP contribution in [0.15, 0.2) is 36.5 Å².